The second kappa shape index (κ2) is 8.84. The lowest BCUT2D eigenvalue weighted by Gasteiger charge is -2.36. The summed E-state index contributed by atoms with van der Waals surface area (Å²) < 4.78 is 5.31. The van der Waals surface area contributed by atoms with Gasteiger partial charge in [0, 0.05) is 50.1 Å². The summed E-state index contributed by atoms with van der Waals surface area (Å²) in [5.41, 5.74) is 0.973. The summed E-state index contributed by atoms with van der Waals surface area (Å²) >= 11 is 0. The van der Waals surface area contributed by atoms with Crippen LogP contribution in [0.25, 0.3) is 11.6 Å². The Labute approximate surface area is 165 Å². The van der Waals surface area contributed by atoms with E-state index in [0.29, 0.717) is 43.4 Å². The van der Waals surface area contributed by atoms with Crippen LogP contribution in [0.5, 0.6) is 0 Å². The number of nitrogens with one attached hydrogen (secondary N) is 1. The molecule has 0 spiro atoms. The minimum absolute atomic E-state index is 0.0130. The molecule has 150 valence electrons. The molecule has 2 atom stereocenters. The number of likely N-dealkylation sites (tertiary alicyclic amines) is 1. The second-order valence-corrected chi connectivity index (χ2v) is 8.09. The summed E-state index contributed by atoms with van der Waals surface area (Å²) in [5.74, 6) is 1.86. The van der Waals surface area contributed by atoms with Crippen LogP contribution in [0.3, 0.4) is 0 Å². The average Bonchev–Trinajstić information content (AvgIpc) is 3.35. The fourth-order valence-corrected chi connectivity index (χ4v) is 4.39. The zero-order valence-corrected chi connectivity index (χ0v) is 16.1. The van der Waals surface area contributed by atoms with Crippen LogP contribution in [-0.2, 0) is 11.3 Å². The van der Waals surface area contributed by atoms with E-state index in [4.69, 9.17) is 4.42 Å². The predicted molar refractivity (Wildman–Crippen MR) is 104 cm³/mol. The molecule has 0 bridgehead atoms. The van der Waals surface area contributed by atoms with Gasteiger partial charge in [-0.1, -0.05) is 12.8 Å². The first-order valence-corrected chi connectivity index (χ1v) is 10.2. The molecule has 0 unspecified atom stereocenters. The molecule has 2 aromatic heterocycles. The summed E-state index contributed by atoms with van der Waals surface area (Å²) in [6, 6.07) is 3.62. The Balaban J connectivity index is 1.31. The van der Waals surface area contributed by atoms with E-state index in [1.807, 2.05) is 12.1 Å². The largest absolute Gasteiger partial charge is 0.461 e. The monoisotopic (exact) mass is 384 g/mol. The number of furan rings is 1. The molecular weight excluding hydrogens is 356 g/mol. The molecule has 3 heterocycles. The molecule has 4 rings (SSSR count). The molecule has 28 heavy (non-hydrogen) atoms. The average molecular weight is 384 g/mol. The molecule has 1 amide bonds. The van der Waals surface area contributed by atoms with Crippen LogP contribution >= 0.6 is 0 Å². The summed E-state index contributed by atoms with van der Waals surface area (Å²) in [7, 11) is 0. The van der Waals surface area contributed by atoms with E-state index in [1.165, 1.54) is 25.7 Å². The number of nitrogens with zero attached hydrogens (tertiary/aromatic N) is 3. The lowest BCUT2D eigenvalue weighted by molar-refractivity contribution is -0.123. The van der Waals surface area contributed by atoms with Crippen molar-refractivity contribution < 1.29 is 14.3 Å². The summed E-state index contributed by atoms with van der Waals surface area (Å²) in [6.45, 7) is 1.97. The van der Waals surface area contributed by atoms with E-state index >= 15 is 0 Å². The van der Waals surface area contributed by atoms with Crippen LogP contribution in [0, 0.1) is 5.92 Å². The van der Waals surface area contributed by atoms with Gasteiger partial charge in [0.2, 0.25) is 5.91 Å². The molecule has 1 saturated heterocycles. The smallest absolute Gasteiger partial charge is 0.220 e. The maximum Gasteiger partial charge on any atom is 0.220 e. The van der Waals surface area contributed by atoms with Gasteiger partial charge in [0.1, 0.15) is 0 Å². The molecule has 7 nitrogen and oxygen atoms in total. The molecule has 0 aromatic carbocycles. The van der Waals surface area contributed by atoms with Gasteiger partial charge < -0.3 is 14.8 Å². The molecule has 2 aromatic rings. The van der Waals surface area contributed by atoms with Crippen LogP contribution in [0.15, 0.2) is 35.2 Å². The molecule has 1 aliphatic heterocycles. The molecule has 2 aliphatic rings. The third-order valence-electron chi connectivity index (χ3n) is 5.67. The highest BCUT2D eigenvalue weighted by atomic mass is 16.3. The van der Waals surface area contributed by atoms with Crippen molar-refractivity contribution in [2.45, 2.75) is 57.2 Å². The van der Waals surface area contributed by atoms with Gasteiger partial charge in [-0.15, -0.1) is 0 Å². The van der Waals surface area contributed by atoms with Gasteiger partial charge in [-0.05, 0) is 37.3 Å². The Morgan fingerprint density at radius 3 is 2.75 bits per heavy atom. The number of hydrogen-bond donors (Lipinski definition) is 2. The first-order valence-electron chi connectivity index (χ1n) is 10.2. The first kappa shape index (κ1) is 19.1. The number of hydrogen-bond acceptors (Lipinski definition) is 6. The molecule has 1 aliphatic carbocycles. The fraction of sp³-hybridized carbons (Fsp3) is 0.571. The highest BCUT2D eigenvalue weighted by Crippen LogP contribution is 2.27. The van der Waals surface area contributed by atoms with Crippen LogP contribution in [0.4, 0.5) is 0 Å². The Morgan fingerprint density at radius 2 is 2.04 bits per heavy atom. The van der Waals surface area contributed by atoms with E-state index in [0.717, 1.165) is 12.1 Å². The first-order chi connectivity index (χ1) is 13.7. The fourth-order valence-electron chi connectivity index (χ4n) is 4.39. The van der Waals surface area contributed by atoms with Crippen molar-refractivity contribution >= 4 is 5.91 Å². The van der Waals surface area contributed by atoms with Crippen molar-refractivity contribution in [1.29, 1.82) is 0 Å². The Hall–Kier alpha value is -2.25. The zero-order chi connectivity index (χ0) is 19.3. The van der Waals surface area contributed by atoms with Crippen molar-refractivity contribution in [1.82, 2.24) is 20.2 Å². The van der Waals surface area contributed by atoms with Crippen LogP contribution in [0.2, 0.25) is 0 Å². The lowest BCUT2D eigenvalue weighted by atomic mass is 10.0. The maximum atomic E-state index is 12.3. The number of β-amino-alcohol motifs (C(OH)–C–C–N with tert-alkyl or cyclic N) is 1. The molecule has 2 fully saturated rings. The standard InChI is InChI=1S/C21H28N4O3/c26-18-9-17(24-20(27)8-15-4-1-2-5-15)13-25(14-18)12-16-10-22-21(23-11-16)19-6-3-7-28-19/h3,6-7,10-11,15,17-18,26H,1-2,4-5,8-9,12-14H2,(H,24,27)/t17-,18+/m0/s1. The molecule has 2 N–H and O–H groups in total. The van der Waals surface area contributed by atoms with Crippen molar-refractivity contribution in [3.05, 3.63) is 36.4 Å². The zero-order valence-electron chi connectivity index (χ0n) is 16.1. The van der Waals surface area contributed by atoms with Gasteiger partial charge in [0.15, 0.2) is 11.6 Å². The van der Waals surface area contributed by atoms with Gasteiger partial charge in [-0.2, -0.15) is 0 Å². The quantitative estimate of drug-likeness (QED) is 0.794. The predicted octanol–water partition coefficient (Wildman–Crippen LogP) is 2.37. The topological polar surface area (TPSA) is 91.5 Å². The van der Waals surface area contributed by atoms with Crippen LogP contribution < -0.4 is 5.32 Å². The van der Waals surface area contributed by atoms with Gasteiger partial charge in [0.25, 0.3) is 0 Å². The number of amides is 1. The van der Waals surface area contributed by atoms with Crippen molar-refractivity contribution in [2.75, 3.05) is 13.1 Å². The third kappa shape index (κ3) is 4.97. The number of aliphatic hydroxyl groups is 1. The van der Waals surface area contributed by atoms with Crippen molar-refractivity contribution in [2.24, 2.45) is 5.92 Å². The lowest BCUT2D eigenvalue weighted by Crippen LogP contribution is -2.52. The van der Waals surface area contributed by atoms with Crippen molar-refractivity contribution in [3.63, 3.8) is 0 Å². The summed E-state index contributed by atoms with van der Waals surface area (Å²) in [5, 5.41) is 13.4. The molecule has 0 radical (unpaired) electrons. The van der Waals surface area contributed by atoms with Crippen LogP contribution in [0.1, 0.15) is 44.1 Å². The SMILES string of the molecule is O=C(CC1CCCC1)N[C@H]1C[C@@H](O)CN(Cc2cnc(-c3ccco3)nc2)C1. The van der Waals surface area contributed by atoms with E-state index in [2.05, 4.69) is 20.2 Å². The number of carbonyl (C=O) groups excluding carboxylic acids is 1. The number of rotatable bonds is 6. The van der Waals surface area contributed by atoms with E-state index in [1.54, 1.807) is 18.7 Å². The third-order valence-corrected chi connectivity index (χ3v) is 5.67. The Kier molecular flexibility index (Phi) is 6.02. The van der Waals surface area contributed by atoms with Gasteiger partial charge in [-0.3, -0.25) is 9.69 Å². The second-order valence-electron chi connectivity index (χ2n) is 8.09. The molecule has 7 heteroatoms. The summed E-state index contributed by atoms with van der Waals surface area (Å²) in [6.07, 6.45) is 10.8. The minimum atomic E-state index is -0.436. The maximum absolute atomic E-state index is 12.3. The van der Waals surface area contributed by atoms with Gasteiger partial charge in [0.05, 0.1) is 12.4 Å². The minimum Gasteiger partial charge on any atom is -0.461 e. The number of piperidine rings is 1. The molecular formula is C21H28N4O3. The number of aromatic nitrogens is 2. The Bertz CT molecular complexity index is 756. The highest BCUT2D eigenvalue weighted by molar-refractivity contribution is 5.76. The van der Waals surface area contributed by atoms with Crippen molar-refractivity contribution in [3.8, 4) is 11.6 Å². The van der Waals surface area contributed by atoms with E-state index in [-0.39, 0.29) is 11.9 Å². The number of carbonyl (C=O) groups is 1. The Morgan fingerprint density at radius 1 is 1.25 bits per heavy atom. The van der Waals surface area contributed by atoms with E-state index in [9.17, 15) is 9.90 Å². The normalized spacial score (nSPS) is 23.8. The molecule has 1 saturated carbocycles. The van der Waals surface area contributed by atoms with Gasteiger partial charge in [-0.25, -0.2) is 9.97 Å². The number of aliphatic hydroxyl groups excluding tert-OH is 1. The van der Waals surface area contributed by atoms with Gasteiger partial charge >= 0.3 is 0 Å². The summed E-state index contributed by atoms with van der Waals surface area (Å²) in [4.78, 5) is 23.2. The highest BCUT2D eigenvalue weighted by Gasteiger charge is 2.28. The van der Waals surface area contributed by atoms with E-state index < -0.39 is 6.10 Å². The van der Waals surface area contributed by atoms with Crippen LogP contribution in [-0.4, -0.2) is 51.1 Å².